The molecule has 0 radical (unpaired) electrons. The Morgan fingerprint density at radius 2 is 2.26 bits per heavy atom. The van der Waals surface area contributed by atoms with Crippen molar-refractivity contribution in [2.24, 2.45) is 12.0 Å². The Morgan fingerprint density at radius 1 is 1.44 bits per heavy atom. The number of aliphatic imine (C=N–C) groups is 1. The minimum absolute atomic E-state index is 0. The van der Waals surface area contributed by atoms with Gasteiger partial charge in [-0.2, -0.15) is 5.10 Å². The SMILES string of the molecule is CCNC(=NCCc1csc(C(C)C)n1)N1CCC(c2cnn(C)c2)C1.I. The molecule has 6 nitrogen and oxygen atoms in total. The molecule has 8 heteroatoms. The zero-order valence-electron chi connectivity index (χ0n) is 16.7. The van der Waals surface area contributed by atoms with Crippen LogP contribution in [0.25, 0.3) is 0 Å². The molecule has 2 aromatic rings. The first-order chi connectivity index (χ1) is 12.6. The lowest BCUT2D eigenvalue weighted by atomic mass is 10.0. The standard InChI is InChI=1S/C19H30N6S.HI/c1-5-20-19(21-8-6-17-13-26-18(23-17)14(2)3)25-9-7-15(12-25)16-10-22-24(4)11-16;/h10-11,13-15H,5-9,12H2,1-4H3,(H,20,21);1H. The molecule has 0 amide bonds. The van der Waals surface area contributed by atoms with Crippen molar-refractivity contribution in [1.29, 1.82) is 0 Å². The lowest BCUT2D eigenvalue weighted by Crippen LogP contribution is -2.40. The largest absolute Gasteiger partial charge is 0.357 e. The van der Waals surface area contributed by atoms with Gasteiger partial charge in [-0.25, -0.2) is 4.98 Å². The Hall–Kier alpha value is -1.16. The summed E-state index contributed by atoms with van der Waals surface area (Å²) in [5.74, 6) is 2.07. The van der Waals surface area contributed by atoms with Crippen molar-refractivity contribution in [2.75, 3.05) is 26.2 Å². The lowest BCUT2D eigenvalue weighted by molar-refractivity contribution is 0.486. The second-order valence-corrected chi connectivity index (χ2v) is 8.09. The predicted molar refractivity (Wildman–Crippen MR) is 123 cm³/mol. The number of likely N-dealkylation sites (tertiary alicyclic amines) is 1. The molecular weight excluding hydrogens is 471 g/mol. The number of rotatable bonds is 6. The minimum atomic E-state index is 0. The summed E-state index contributed by atoms with van der Waals surface area (Å²) in [6.07, 6.45) is 6.18. The van der Waals surface area contributed by atoms with E-state index in [0.29, 0.717) is 11.8 Å². The third-order valence-electron chi connectivity index (χ3n) is 4.71. The van der Waals surface area contributed by atoms with Gasteiger partial charge in [-0.1, -0.05) is 13.8 Å². The van der Waals surface area contributed by atoms with Gasteiger partial charge in [-0.05, 0) is 18.9 Å². The molecule has 0 spiro atoms. The summed E-state index contributed by atoms with van der Waals surface area (Å²) in [6.45, 7) is 10.2. The van der Waals surface area contributed by atoms with E-state index in [4.69, 9.17) is 9.98 Å². The number of aromatic nitrogens is 3. The smallest absolute Gasteiger partial charge is 0.193 e. The van der Waals surface area contributed by atoms with Crippen LogP contribution in [0.5, 0.6) is 0 Å². The molecular formula is C19H31IN6S. The Kier molecular flexibility index (Phi) is 8.53. The maximum Gasteiger partial charge on any atom is 0.193 e. The van der Waals surface area contributed by atoms with E-state index in [9.17, 15) is 0 Å². The van der Waals surface area contributed by atoms with Crippen molar-refractivity contribution in [3.8, 4) is 0 Å². The Labute approximate surface area is 183 Å². The van der Waals surface area contributed by atoms with Crippen LogP contribution >= 0.6 is 35.3 Å². The maximum atomic E-state index is 4.85. The molecule has 1 N–H and O–H groups in total. The number of nitrogens with one attached hydrogen (secondary N) is 1. The van der Waals surface area contributed by atoms with E-state index in [-0.39, 0.29) is 24.0 Å². The molecule has 27 heavy (non-hydrogen) atoms. The van der Waals surface area contributed by atoms with Crippen molar-refractivity contribution in [3.05, 3.63) is 34.0 Å². The Morgan fingerprint density at radius 3 is 2.89 bits per heavy atom. The summed E-state index contributed by atoms with van der Waals surface area (Å²) in [7, 11) is 1.98. The van der Waals surface area contributed by atoms with E-state index in [0.717, 1.165) is 50.7 Å². The van der Waals surface area contributed by atoms with Crippen molar-refractivity contribution >= 4 is 41.3 Å². The highest BCUT2D eigenvalue weighted by molar-refractivity contribution is 14.0. The second kappa shape index (κ2) is 10.4. The van der Waals surface area contributed by atoms with Gasteiger partial charge >= 0.3 is 0 Å². The molecule has 1 fully saturated rings. The van der Waals surface area contributed by atoms with Gasteiger partial charge in [0.15, 0.2) is 5.96 Å². The number of hydrogen-bond acceptors (Lipinski definition) is 4. The number of halogens is 1. The van der Waals surface area contributed by atoms with Gasteiger partial charge in [0.2, 0.25) is 0 Å². The average Bonchev–Trinajstić information content (AvgIpc) is 3.34. The van der Waals surface area contributed by atoms with Crippen molar-refractivity contribution < 1.29 is 0 Å². The molecule has 1 saturated heterocycles. The number of hydrogen-bond donors (Lipinski definition) is 1. The average molecular weight is 502 g/mol. The summed E-state index contributed by atoms with van der Waals surface area (Å²) >= 11 is 1.76. The summed E-state index contributed by atoms with van der Waals surface area (Å²) in [5.41, 5.74) is 2.49. The van der Waals surface area contributed by atoms with Crippen molar-refractivity contribution in [2.45, 2.75) is 45.4 Å². The van der Waals surface area contributed by atoms with E-state index in [2.05, 4.69) is 47.7 Å². The zero-order chi connectivity index (χ0) is 18.5. The number of aryl methyl sites for hydroxylation is 1. The van der Waals surface area contributed by atoms with E-state index >= 15 is 0 Å². The third kappa shape index (κ3) is 5.91. The van der Waals surface area contributed by atoms with Gasteiger partial charge in [-0.3, -0.25) is 9.67 Å². The zero-order valence-corrected chi connectivity index (χ0v) is 19.8. The van der Waals surface area contributed by atoms with Gasteiger partial charge in [0.1, 0.15) is 0 Å². The first-order valence-electron chi connectivity index (χ1n) is 9.53. The molecule has 1 unspecified atom stereocenters. The van der Waals surface area contributed by atoms with Gasteiger partial charge in [0.25, 0.3) is 0 Å². The molecule has 3 rings (SSSR count). The third-order valence-corrected chi connectivity index (χ3v) is 5.91. The number of guanidine groups is 1. The molecule has 3 heterocycles. The molecule has 1 atom stereocenters. The fourth-order valence-corrected chi connectivity index (χ4v) is 4.15. The van der Waals surface area contributed by atoms with Crippen LogP contribution in [-0.2, 0) is 13.5 Å². The Balaban J connectivity index is 0.00000261. The lowest BCUT2D eigenvalue weighted by Gasteiger charge is -2.21. The highest BCUT2D eigenvalue weighted by atomic mass is 127. The van der Waals surface area contributed by atoms with Crippen LogP contribution in [-0.4, -0.2) is 51.8 Å². The van der Waals surface area contributed by atoms with Gasteiger partial charge in [-0.15, -0.1) is 35.3 Å². The normalized spacial score (nSPS) is 17.4. The van der Waals surface area contributed by atoms with Gasteiger partial charge < -0.3 is 10.2 Å². The summed E-state index contributed by atoms with van der Waals surface area (Å²) < 4.78 is 1.89. The van der Waals surface area contributed by atoms with E-state index in [1.54, 1.807) is 11.3 Å². The van der Waals surface area contributed by atoms with Crippen LogP contribution in [0, 0.1) is 0 Å². The monoisotopic (exact) mass is 502 g/mol. The first-order valence-corrected chi connectivity index (χ1v) is 10.4. The van der Waals surface area contributed by atoms with E-state index in [1.165, 1.54) is 10.6 Å². The minimum Gasteiger partial charge on any atom is -0.357 e. The Bertz CT molecular complexity index is 738. The van der Waals surface area contributed by atoms with Crippen LogP contribution in [0.3, 0.4) is 0 Å². The fourth-order valence-electron chi connectivity index (χ4n) is 3.28. The summed E-state index contributed by atoms with van der Waals surface area (Å²) in [4.78, 5) is 11.9. The van der Waals surface area contributed by atoms with Crippen LogP contribution in [0.1, 0.15) is 55.3 Å². The highest BCUT2D eigenvalue weighted by Crippen LogP contribution is 2.26. The molecule has 1 aliphatic heterocycles. The second-order valence-electron chi connectivity index (χ2n) is 7.20. The fraction of sp³-hybridized carbons (Fsp3) is 0.632. The van der Waals surface area contributed by atoms with Gasteiger partial charge in [0.05, 0.1) is 16.9 Å². The number of thiazole rings is 1. The van der Waals surface area contributed by atoms with Crippen LogP contribution in [0.15, 0.2) is 22.8 Å². The van der Waals surface area contributed by atoms with E-state index < -0.39 is 0 Å². The molecule has 2 aromatic heterocycles. The molecule has 0 saturated carbocycles. The summed E-state index contributed by atoms with van der Waals surface area (Å²) in [6, 6.07) is 0. The van der Waals surface area contributed by atoms with Crippen molar-refractivity contribution in [3.63, 3.8) is 0 Å². The van der Waals surface area contributed by atoms with Crippen molar-refractivity contribution in [1.82, 2.24) is 25.0 Å². The van der Waals surface area contributed by atoms with Crippen LogP contribution < -0.4 is 5.32 Å². The van der Waals surface area contributed by atoms with Gasteiger partial charge in [0, 0.05) is 63.1 Å². The molecule has 0 aromatic carbocycles. The number of nitrogens with zero attached hydrogens (tertiary/aromatic N) is 5. The maximum absolute atomic E-state index is 4.85. The van der Waals surface area contributed by atoms with Crippen LogP contribution in [0.2, 0.25) is 0 Å². The predicted octanol–water partition coefficient (Wildman–Crippen LogP) is 3.62. The molecule has 0 aliphatic carbocycles. The topological polar surface area (TPSA) is 58.3 Å². The highest BCUT2D eigenvalue weighted by Gasteiger charge is 2.26. The summed E-state index contributed by atoms with van der Waals surface area (Å²) in [5, 5.41) is 11.2. The van der Waals surface area contributed by atoms with Crippen LogP contribution in [0.4, 0.5) is 0 Å². The molecule has 150 valence electrons. The molecule has 0 bridgehead atoms. The quantitative estimate of drug-likeness (QED) is 0.373. The molecule has 1 aliphatic rings. The first kappa shape index (κ1) is 22.1. The van der Waals surface area contributed by atoms with E-state index in [1.807, 2.05) is 17.9 Å².